The lowest BCUT2D eigenvalue weighted by atomic mass is 9.83. The molecule has 40 heavy (non-hydrogen) atoms. The molecule has 0 saturated heterocycles. The average Bonchev–Trinajstić information content (AvgIpc) is 3.00. The second-order valence-corrected chi connectivity index (χ2v) is 9.89. The molecule has 0 fully saturated rings. The van der Waals surface area contributed by atoms with Crippen molar-refractivity contribution in [3.8, 4) is 23.0 Å². The molecule has 0 aliphatic carbocycles. The van der Waals surface area contributed by atoms with Crippen molar-refractivity contribution in [3.63, 3.8) is 0 Å². The van der Waals surface area contributed by atoms with E-state index >= 15 is 0 Å². The van der Waals surface area contributed by atoms with Gasteiger partial charge in [-0.25, -0.2) is 9.59 Å². The Labute approximate surface area is 232 Å². The molecule has 202 valence electrons. The Morgan fingerprint density at radius 2 is 1.38 bits per heavy atom. The van der Waals surface area contributed by atoms with Crippen LogP contribution in [0, 0.1) is 0 Å². The van der Waals surface area contributed by atoms with Gasteiger partial charge in [0.2, 0.25) is 0 Å². The summed E-state index contributed by atoms with van der Waals surface area (Å²) < 4.78 is 22.9. The fourth-order valence-corrected chi connectivity index (χ4v) is 5.62. The van der Waals surface area contributed by atoms with Gasteiger partial charge in [0, 0.05) is 24.7 Å². The van der Waals surface area contributed by atoms with E-state index in [1.807, 2.05) is 30.3 Å². The fourth-order valence-electron chi connectivity index (χ4n) is 5.62. The standard InChI is InChI=1S/C33H29NO6/c1-37-29-18-24-15-16-34-20-26-23(13-14-28(31(26)38-2)39-32(35)21-9-5-3-6-10-21)17-27(34)25(24)19-30(29)40-33(36)22-11-7-4-8-12-22/h3-14,18-19,27H,15-17,20H2,1-2H3/t27-/m0/s1. The van der Waals surface area contributed by atoms with Crippen LogP contribution in [0.25, 0.3) is 0 Å². The van der Waals surface area contributed by atoms with Gasteiger partial charge in [0.1, 0.15) is 0 Å². The van der Waals surface area contributed by atoms with Gasteiger partial charge in [-0.2, -0.15) is 0 Å². The molecule has 6 rings (SSSR count). The second-order valence-electron chi connectivity index (χ2n) is 9.89. The Balaban J connectivity index is 1.30. The van der Waals surface area contributed by atoms with Crippen molar-refractivity contribution in [2.24, 2.45) is 0 Å². The highest BCUT2D eigenvalue weighted by Crippen LogP contribution is 2.46. The maximum absolute atomic E-state index is 12.8. The van der Waals surface area contributed by atoms with Crippen LogP contribution in [-0.4, -0.2) is 37.6 Å². The summed E-state index contributed by atoms with van der Waals surface area (Å²) in [4.78, 5) is 28.0. The minimum atomic E-state index is -0.428. The van der Waals surface area contributed by atoms with E-state index in [0.717, 1.165) is 36.1 Å². The molecule has 2 aliphatic heterocycles. The molecule has 4 aromatic carbocycles. The number of carbonyl (C=O) groups excluding carboxylic acids is 2. The summed E-state index contributed by atoms with van der Waals surface area (Å²) in [6, 6.07) is 25.7. The van der Waals surface area contributed by atoms with E-state index in [4.69, 9.17) is 18.9 Å². The van der Waals surface area contributed by atoms with E-state index in [1.165, 1.54) is 5.56 Å². The van der Waals surface area contributed by atoms with Crippen molar-refractivity contribution in [3.05, 3.63) is 118 Å². The van der Waals surface area contributed by atoms with Crippen LogP contribution < -0.4 is 18.9 Å². The van der Waals surface area contributed by atoms with Gasteiger partial charge in [0.25, 0.3) is 0 Å². The predicted octanol–water partition coefficient (Wildman–Crippen LogP) is 5.80. The fraction of sp³-hybridized carbons (Fsp3) is 0.212. The zero-order chi connectivity index (χ0) is 27.6. The van der Waals surface area contributed by atoms with Crippen molar-refractivity contribution in [1.29, 1.82) is 0 Å². The Kier molecular flexibility index (Phi) is 6.97. The number of benzene rings is 4. The maximum atomic E-state index is 12.8. The highest BCUT2D eigenvalue weighted by Gasteiger charge is 2.35. The molecule has 0 bridgehead atoms. The largest absolute Gasteiger partial charge is 0.493 e. The summed E-state index contributed by atoms with van der Waals surface area (Å²) >= 11 is 0. The smallest absolute Gasteiger partial charge is 0.343 e. The van der Waals surface area contributed by atoms with E-state index in [0.29, 0.717) is 40.7 Å². The molecule has 1 atom stereocenters. The Morgan fingerprint density at radius 3 is 2.00 bits per heavy atom. The summed E-state index contributed by atoms with van der Waals surface area (Å²) in [6.45, 7) is 1.49. The zero-order valence-electron chi connectivity index (χ0n) is 22.4. The number of fused-ring (bicyclic) bond motifs is 4. The van der Waals surface area contributed by atoms with Crippen LogP contribution in [0.2, 0.25) is 0 Å². The molecular formula is C33H29NO6. The van der Waals surface area contributed by atoms with Gasteiger partial charge < -0.3 is 18.9 Å². The van der Waals surface area contributed by atoms with Crippen LogP contribution in [-0.2, 0) is 19.4 Å². The molecule has 7 heteroatoms. The van der Waals surface area contributed by atoms with Crippen molar-refractivity contribution in [2.75, 3.05) is 20.8 Å². The second kappa shape index (κ2) is 10.9. The number of hydrogen-bond acceptors (Lipinski definition) is 7. The third-order valence-corrected chi connectivity index (χ3v) is 7.62. The minimum Gasteiger partial charge on any atom is -0.493 e. The number of ether oxygens (including phenoxy) is 4. The number of rotatable bonds is 6. The summed E-state index contributed by atoms with van der Waals surface area (Å²) in [5, 5.41) is 0. The van der Waals surface area contributed by atoms with Crippen molar-refractivity contribution in [2.45, 2.75) is 25.4 Å². The van der Waals surface area contributed by atoms with Gasteiger partial charge in [0.05, 0.1) is 25.3 Å². The monoisotopic (exact) mass is 535 g/mol. The van der Waals surface area contributed by atoms with Crippen LogP contribution in [0.1, 0.15) is 49.0 Å². The van der Waals surface area contributed by atoms with Crippen molar-refractivity contribution >= 4 is 11.9 Å². The molecule has 2 aliphatic rings. The first-order valence-electron chi connectivity index (χ1n) is 13.2. The quantitative estimate of drug-likeness (QED) is 0.228. The molecule has 0 amide bonds. The summed E-state index contributed by atoms with van der Waals surface area (Å²) in [6.07, 6.45) is 1.57. The molecule has 2 heterocycles. The summed E-state index contributed by atoms with van der Waals surface area (Å²) in [7, 11) is 3.19. The van der Waals surface area contributed by atoms with Crippen LogP contribution in [0.5, 0.6) is 23.0 Å². The number of nitrogens with zero attached hydrogens (tertiary/aromatic N) is 1. The van der Waals surface area contributed by atoms with Crippen LogP contribution in [0.4, 0.5) is 0 Å². The lowest BCUT2D eigenvalue weighted by Gasteiger charge is -2.42. The topological polar surface area (TPSA) is 74.3 Å². The first-order chi connectivity index (χ1) is 19.6. The zero-order valence-corrected chi connectivity index (χ0v) is 22.4. The third kappa shape index (κ3) is 4.80. The first kappa shape index (κ1) is 25.6. The molecule has 0 radical (unpaired) electrons. The number of hydrogen-bond donors (Lipinski definition) is 0. The Morgan fingerprint density at radius 1 is 0.725 bits per heavy atom. The lowest BCUT2D eigenvalue weighted by molar-refractivity contribution is 0.0720. The van der Waals surface area contributed by atoms with Gasteiger partial charge in [-0.15, -0.1) is 0 Å². The Hall–Kier alpha value is -4.62. The van der Waals surface area contributed by atoms with Crippen LogP contribution in [0.3, 0.4) is 0 Å². The number of esters is 2. The number of methoxy groups -OCH3 is 2. The van der Waals surface area contributed by atoms with E-state index in [9.17, 15) is 9.59 Å². The van der Waals surface area contributed by atoms with E-state index in [2.05, 4.69) is 4.90 Å². The molecule has 7 nitrogen and oxygen atoms in total. The third-order valence-electron chi connectivity index (χ3n) is 7.62. The van der Waals surface area contributed by atoms with Crippen molar-refractivity contribution < 1.29 is 28.5 Å². The maximum Gasteiger partial charge on any atom is 0.343 e. The molecular weight excluding hydrogens is 506 g/mol. The molecule has 0 spiro atoms. The highest BCUT2D eigenvalue weighted by atomic mass is 16.6. The molecule has 0 aromatic heterocycles. The summed E-state index contributed by atoms with van der Waals surface area (Å²) in [5.41, 5.74) is 5.41. The summed E-state index contributed by atoms with van der Waals surface area (Å²) in [5.74, 6) is 1.08. The average molecular weight is 536 g/mol. The normalized spacial score (nSPS) is 15.7. The van der Waals surface area contributed by atoms with Gasteiger partial charge in [-0.1, -0.05) is 42.5 Å². The number of carbonyl (C=O) groups is 2. The Bertz CT molecular complexity index is 1570. The molecule has 0 N–H and O–H groups in total. The van der Waals surface area contributed by atoms with Gasteiger partial charge in [-0.3, -0.25) is 4.90 Å². The van der Waals surface area contributed by atoms with Gasteiger partial charge >= 0.3 is 11.9 Å². The van der Waals surface area contributed by atoms with Crippen LogP contribution >= 0.6 is 0 Å². The van der Waals surface area contributed by atoms with Gasteiger partial charge in [-0.05, 0) is 72.0 Å². The highest BCUT2D eigenvalue weighted by molar-refractivity contribution is 5.92. The van der Waals surface area contributed by atoms with Gasteiger partial charge in [0.15, 0.2) is 23.0 Å². The van der Waals surface area contributed by atoms with Crippen LogP contribution in [0.15, 0.2) is 84.9 Å². The molecule has 4 aromatic rings. The SMILES string of the molecule is COc1cc2c(cc1OC(=O)c1ccccc1)[C@@H]1Cc3ccc(OC(=O)c4ccccc4)c(OC)c3CN1CC2. The van der Waals surface area contributed by atoms with Crippen molar-refractivity contribution in [1.82, 2.24) is 4.90 Å². The molecule has 0 saturated carbocycles. The van der Waals surface area contributed by atoms with E-state index in [1.54, 1.807) is 68.8 Å². The minimum absolute atomic E-state index is 0.0961. The predicted molar refractivity (Wildman–Crippen MR) is 149 cm³/mol. The first-order valence-corrected chi connectivity index (χ1v) is 13.2. The molecule has 0 unspecified atom stereocenters. The van der Waals surface area contributed by atoms with E-state index in [-0.39, 0.29) is 6.04 Å². The lowest BCUT2D eigenvalue weighted by Crippen LogP contribution is -2.39. The van der Waals surface area contributed by atoms with E-state index < -0.39 is 11.9 Å².